The maximum Gasteiger partial charge on any atom is 0.293 e. The monoisotopic (exact) mass is 744 g/mol. The lowest BCUT2D eigenvalue weighted by Crippen LogP contribution is -2.47. The van der Waals surface area contributed by atoms with Crippen LogP contribution in [0, 0.1) is 22.4 Å². The molecule has 0 saturated carbocycles. The number of sulfonamides is 1. The van der Waals surface area contributed by atoms with Crippen LogP contribution in [0.25, 0.3) is 0 Å². The van der Waals surface area contributed by atoms with E-state index < -0.39 is 14.9 Å². The van der Waals surface area contributed by atoms with Crippen molar-refractivity contribution < 1.29 is 18.1 Å². The Kier molecular flexibility index (Phi) is 12.5. The van der Waals surface area contributed by atoms with Crippen LogP contribution < -0.4 is 19.8 Å². The average Bonchev–Trinajstić information content (AvgIpc) is 3.14. The molecule has 11 nitrogen and oxygen atoms in total. The SMILES string of the molecule is CC[C@H](CSc1cccc(N(C)C)c1)Nc1c([N+](=O)[O-])cccc1S(=O)(=O)NC(=N)c1ccc(N2CCC(Cc3ccccc3C)(OC)CC2)cc1. The normalized spacial score (nSPS) is 14.8. The predicted octanol–water partition coefficient (Wildman–Crippen LogP) is 7.48. The summed E-state index contributed by atoms with van der Waals surface area (Å²) in [6, 6.07) is 27.3. The molecule has 0 aliphatic carbocycles. The first kappa shape index (κ1) is 38.6. The minimum Gasteiger partial charge on any atom is -0.378 e. The maximum atomic E-state index is 13.8. The Labute approximate surface area is 311 Å². The van der Waals surface area contributed by atoms with Gasteiger partial charge in [-0.05, 0) is 85.8 Å². The molecule has 1 aliphatic heterocycles. The van der Waals surface area contributed by atoms with Crippen LogP contribution in [0.3, 0.4) is 0 Å². The van der Waals surface area contributed by atoms with Crippen LogP contribution in [0.2, 0.25) is 0 Å². The zero-order chi connectivity index (χ0) is 37.5. The van der Waals surface area contributed by atoms with Crippen molar-refractivity contribution in [3.05, 3.63) is 118 Å². The Balaban J connectivity index is 1.26. The molecule has 3 N–H and O–H groups in total. The molecule has 0 unspecified atom stereocenters. The number of ether oxygens (including phenoxy) is 1. The standard InChI is InChI=1S/C39H48N6O5S2/c1-6-31(27-51-34-14-9-13-33(25-34)43(3)4)41-37-35(45(46)47)15-10-16-36(37)52(48,49)42-38(40)29-17-19-32(20-18-29)44-23-21-39(50-5,22-24-44)26-30-12-8-7-11-28(30)2/h7-20,25,31,41H,6,21-24,26-27H2,1-5H3,(H2,40,42)/t31-/m1/s1. The van der Waals surface area contributed by atoms with Crippen molar-refractivity contribution in [1.82, 2.24) is 4.72 Å². The Morgan fingerprint density at radius 2 is 1.73 bits per heavy atom. The molecule has 0 spiro atoms. The zero-order valence-corrected chi connectivity index (χ0v) is 32.0. The maximum absolute atomic E-state index is 13.8. The first-order chi connectivity index (χ1) is 24.8. The van der Waals surface area contributed by atoms with Crippen LogP contribution in [-0.4, -0.2) is 70.9 Å². The molecular formula is C39H48N6O5S2. The fourth-order valence-electron chi connectivity index (χ4n) is 6.42. The summed E-state index contributed by atoms with van der Waals surface area (Å²) in [4.78, 5) is 16.5. The van der Waals surface area contributed by atoms with Crippen LogP contribution >= 0.6 is 11.8 Å². The van der Waals surface area contributed by atoms with Gasteiger partial charge in [0.05, 0.1) is 10.5 Å². The molecule has 1 saturated heterocycles. The highest BCUT2D eigenvalue weighted by Gasteiger charge is 2.35. The van der Waals surface area contributed by atoms with Gasteiger partial charge in [-0.1, -0.05) is 43.3 Å². The Morgan fingerprint density at radius 3 is 2.37 bits per heavy atom. The summed E-state index contributed by atoms with van der Waals surface area (Å²) >= 11 is 1.58. The van der Waals surface area contributed by atoms with Gasteiger partial charge in [0.1, 0.15) is 16.4 Å². The van der Waals surface area contributed by atoms with Crippen LogP contribution in [0.4, 0.5) is 22.7 Å². The molecule has 52 heavy (non-hydrogen) atoms. The molecule has 276 valence electrons. The number of anilines is 3. The van der Waals surface area contributed by atoms with E-state index in [0.717, 1.165) is 48.6 Å². The lowest BCUT2D eigenvalue weighted by atomic mass is 9.83. The number of nitrogens with one attached hydrogen (secondary N) is 3. The molecule has 1 heterocycles. The smallest absolute Gasteiger partial charge is 0.293 e. The van der Waals surface area contributed by atoms with E-state index in [1.165, 1.54) is 29.3 Å². The molecule has 0 aromatic heterocycles. The van der Waals surface area contributed by atoms with Crippen molar-refractivity contribution >= 4 is 50.4 Å². The molecule has 0 radical (unpaired) electrons. The summed E-state index contributed by atoms with van der Waals surface area (Å²) in [7, 11) is 1.34. The number of amidine groups is 1. The first-order valence-corrected chi connectivity index (χ1v) is 19.8. The number of aryl methyl sites for hydroxylation is 1. The number of methoxy groups -OCH3 is 1. The number of nitrogens with zero attached hydrogens (tertiary/aromatic N) is 3. The number of piperidine rings is 1. The van der Waals surface area contributed by atoms with Gasteiger partial charge in [0.25, 0.3) is 15.7 Å². The van der Waals surface area contributed by atoms with E-state index in [2.05, 4.69) is 46.1 Å². The molecule has 1 fully saturated rings. The van der Waals surface area contributed by atoms with Gasteiger partial charge in [0.15, 0.2) is 0 Å². The predicted molar refractivity (Wildman–Crippen MR) is 212 cm³/mol. The fourth-order valence-corrected chi connectivity index (χ4v) is 8.70. The molecule has 1 atom stereocenters. The number of thioether (sulfide) groups is 1. The highest BCUT2D eigenvalue weighted by Crippen LogP contribution is 2.35. The van der Waals surface area contributed by atoms with Crippen molar-refractivity contribution in [2.24, 2.45) is 0 Å². The number of nitro groups is 1. The van der Waals surface area contributed by atoms with Crippen molar-refractivity contribution in [1.29, 1.82) is 5.41 Å². The second-order valence-corrected chi connectivity index (χ2v) is 16.1. The summed E-state index contributed by atoms with van der Waals surface area (Å²) in [5.74, 6) is 0.215. The molecule has 0 amide bonds. The Bertz CT molecular complexity index is 1980. The minimum atomic E-state index is -4.38. The van der Waals surface area contributed by atoms with Gasteiger partial charge < -0.3 is 19.9 Å². The topological polar surface area (TPSA) is 141 Å². The van der Waals surface area contributed by atoms with E-state index in [1.54, 1.807) is 31.0 Å². The van der Waals surface area contributed by atoms with Crippen LogP contribution in [0.1, 0.15) is 42.9 Å². The van der Waals surface area contributed by atoms with Crippen LogP contribution in [0.15, 0.2) is 101 Å². The van der Waals surface area contributed by atoms with Gasteiger partial charge in [0, 0.05) is 80.4 Å². The molecule has 1 aliphatic rings. The largest absolute Gasteiger partial charge is 0.378 e. The second-order valence-electron chi connectivity index (χ2n) is 13.4. The van der Waals surface area contributed by atoms with Gasteiger partial charge in [-0.2, -0.15) is 0 Å². The number of benzene rings is 4. The summed E-state index contributed by atoms with van der Waals surface area (Å²) in [5, 5.41) is 23.9. The zero-order valence-electron chi connectivity index (χ0n) is 30.4. The number of nitro benzene ring substituents is 1. The summed E-state index contributed by atoms with van der Waals surface area (Å²) in [6.45, 7) is 5.66. The van der Waals surface area contributed by atoms with Crippen molar-refractivity contribution in [3.63, 3.8) is 0 Å². The second kappa shape index (κ2) is 16.8. The van der Waals surface area contributed by atoms with E-state index >= 15 is 0 Å². The van der Waals surface area contributed by atoms with Crippen LogP contribution in [0.5, 0.6) is 0 Å². The molecule has 4 aromatic carbocycles. The number of hydrogen-bond acceptors (Lipinski definition) is 10. The van der Waals surface area contributed by atoms with E-state index in [-0.39, 0.29) is 33.7 Å². The molecular weight excluding hydrogens is 697 g/mol. The lowest BCUT2D eigenvalue weighted by molar-refractivity contribution is -0.384. The fraction of sp³-hybridized carbons (Fsp3) is 0.359. The van der Waals surface area contributed by atoms with Crippen LogP contribution in [-0.2, 0) is 21.2 Å². The number of para-hydroxylation sites is 1. The van der Waals surface area contributed by atoms with Gasteiger partial charge in [0.2, 0.25) is 0 Å². The van der Waals surface area contributed by atoms with E-state index in [0.29, 0.717) is 17.7 Å². The summed E-state index contributed by atoms with van der Waals surface area (Å²) in [6.07, 6.45) is 3.16. The third-order valence-electron chi connectivity index (χ3n) is 9.76. The quantitative estimate of drug-likeness (QED) is 0.0372. The van der Waals surface area contributed by atoms with Gasteiger partial charge in [-0.3, -0.25) is 20.2 Å². The highest BCUT2D eigenvalue weighted by molar-refractivity contribution is 7.99. The number of hydrogen-bond donors (Lipinski definition) is 3. The Morgan fingerprint density at radius 1 is 1.04 bits per heavy atom. The van der Waals surface area contributed by atoms with E-state index in [1.807, 2.05) is 62.3 Å². The first-order valence-electron chi connectivity index (χ1n) is 17.4. The van der Waals surface area contributed by atoms with Crippen molar-refractivity contribution in [2.75, 3.05) is 55.2 Å². The van der Waals surface area contributed by atoms with Crippen molar-refractivity contribution in [2.45, 2.75) is 61.0 Å². The van der Waals surface area contributed by atoms with Gasteiger partial charge in [-0.25, -0.2) is 8.42 Å². The third-order valence-corrected chi connectivity index (χ3v) is 12.3. The van der Waals surface area contributed by atoms with Gasteiger partial charge >= 0.3 is 0 Å². The minimum absolute atomic E-state index is 0.0997. The molecule has 13 heteroatoms. The van der Waals surface area contributed by atoms with Gasteiger partial charge in [-0.15, -0.1) is 11.8 Å². The third kappa shape index (κ3) is 9.25. The van der Waals surface area contributed by atoms with Crippen molar-refractivity contribution in [3.8, 4) is 0 Å². The molecule has 4 aromatic rings. The van der Waals surface area contributed by atoms with E-state index in [4.69, 9.17) is 10.1 Å². The van der Waals surface area contributed by atoms with E-state index in [9.17, 15) is 18.5 Å². The number of rotatable bonds is 15. The highest BCUT2D eigenvalue weighted by atomic mass is 32.2. The summed E-state index contributed by atoms with van der Waals surface area (Å²) in [5.41, 5.74) is 4.26. The average molecular weight is 745 g/mol. The lowest BCUT2D eigenvalue weighted by Gasteiger charge is -2.42. The Hall–Kier alpha value is -4.59. The summed E-state index contributed by atoms with van der Waals surface area (Å²) < 4.78 is 36.0. The molecule has 0 bridgehead atoms. The molecule has 5 rings (SSSR count).